The Balaban J connectivity index is 1.83. The molecule has 1 fully saturated rings. The highest BCUT2D eigenvalue weighted by Gasteiger charge is 2.23. The molecule has 3 heterocycles. The third kappa shape index (κ3) is 2.50. The fraction of sp³-hybridized carbons (Fsp3) is 0.462. The molecule has 0 amide bonds. The lowest BCUT2D eigenvalue weighted by atomic mass is 10.2. The van der Waals surface area contributed by atoms with Gasteiger partial charge in [0.15, 0.2) is 11.3 Å². The quantitative estimate of drug-likeness (QED) is 0.842. The Morgan fingerprint density at radius 2 is 2.20 bits per heavy atom. The zero-order chi connectivity index (χ0) is 13.9. The molecule has 7 nitrogen and oxygen atoms in total. The molecule has 0 aromatic carbocycles. The average Bonchev–Trinajstić information content (AvgIpc) is 2.97. The summed E-state index contributed by atoms with van der Waals surface area (Å²) in [6, 6.07) is 1.52. The van der Waals surface area contributed by atoms with E-state index in [2.05, 4.69) is 32.3 Å². The van der Waals surface area contributed by atoms with Crippen LogP contribution in [0.2, 0.25) is 0 Å². The summed E-state index contributed by atoms with van der Waals surface area (Å²) in [6.07, 6.45) is 3.15. The number of nitrogens with one attached hydrogen (secondary N) is 2. The fourth-order valence-electron chi connectivity index (χ4n) is 2.33. The number of piperazine rings is 1. The molecule has 20 heavy (non-hydrogen) atoms. The Labute approximate surface area is 116 Å². The first-order valence-electron chi connectivity index (χ1n) is 6.71. The molecule has 106 valence electrons. The van der Waals surface area contributed by atoms with E-state index in [9.17, 15) is 4.79 Å². The minimum Gasteiger partial charge on any atom is -0.367 e. The molecule has 2 aromatic heterocycles. The standard InChI is InChI=1S/C13H17N5O2/c1-9(18-6-4-14-5-7-18)12-16-13(20-17-12)10-8-15-3-2-11(10)19/h2-3,8-9,14H,4-7H2,1H3,(H,15,19). The Hall–Kier alpha value is -1.99. The van der Waals surface area contributed by atoms with Crippen molar-refractivity contribution in [3.63, 3.8) is 0 Å². The maximum atomic E-state index is 11.7. The third-order valence-electron chi connectivity index (χ3n) is 3.57. The second-order valence-corrected chi connectivity index (χ2v) is 4.84. The van der Waals surface area contributed by atoms with Crippen LogP contribution in [0.5, 0.6) is 0 Å². The van der Waals surface area contributed by atoms with Gasteiger partial charge in [-0.3, -0.25) is 9.69 Å². The van der Waals surface area contributed by atoms with Gasteiger partial charge in [0.05, 0.1) is 6.04 Å². The molecule has 1 atom stereocenters. The molecule has 1 aliphatic heterocycles. The molecular weight excluding hydrogens is 258 g/mol. The summed E-state index contributed by atoms with van der Waals surface area (Å²) in [4.78, 5) is 21.2. The maximum absolute atomic E-state index is 11.7. The van der Waals surface area contributed by atoms with Crippen LogP contribution >= 0.6 is 0 Å². The summed E-state index contributed by atoms with van der Waals surface area (Å²) in [5, 5.41) is 7.32. The Bertz CT molecular complexity index is 629. The van der Waals surface area contributed by atoms with E-state index in [0.717, 1.165) is 26.2 Å². The van der Waals surface area contributed by atoms with Gasteiger partial charge in [-0.1, -0.05) is 5.16 Å². The van der Waals surface area contributed by atoms with Crippen molar-refractivity contribution in [1.29, 1.82) is 0 Å². The van der Waals surface area contributed by atoms with Gasteiger partial charge < -0.3 is 14.8 Å². The number of H-pyrrole nitrogens is 1. The van der Waals surface area contributed by atoms with Crippen LogP contribution in [0.15, 0.2) is 27.8 Å². The van der Waals surface area contributed by atoms with Crippen LogP contribution in [0.1, 0.15) is 18.8 Å². The van der Waals surface area contributed by atoms with Gasteiger partial charge in [0.2, 0.25) is 0 Å². The predicted molar refractivity (Wildman–Crippen MR) is 73.2 cm³/mol. The molecule has 7 heteroatoms. The number of aromatic nitrogens is 3. The Morgan fingerprint density at radius 1 is 1.40 bits per heavy atom. The van der Waals surface area contributed by atoms with Crippen molar-refractivity contribution in [2.45, 2.75) is 13.0 Å². The normalized spacial score (nSPS) is 18.1. The van der Waals surface area contributed by atoms with Gasteiger partial charge in [0, 0.05) is 44.6 Å². The van der Waals surface area contributed by atoms with Gasteiger partial charge in [-0.05, 0) is 6.92 Å². The highest BCUT2D eigenvalue weighted by Crippen LogP contribution is 2.20. The van der Waals surface area contributed by atoms with E-state index in [1.807, 2.05) is 0 Å². The summed E-state index contributed by atoms with van der Waals surface area (Å²) in [5.74, 6) is 0.883. The lowest BCUT2D eigenvalue weighted by molar-refractivity contribution is 0.176. The molecule has 0 saturated carbocycles. The van der Waals surface area contributed by atoms with Crippen LogP contribution in [0, 0.1) is 0 Å². The van der Waals surface area contributed by atoms with Gasteiger partial charge in [0.1, 0.15) is 5.56 Å². The number of nitrogens with zero attached hydrogens (tertiary/aromatic N) is 3. The predicted octanol–water partition coefficient (Wildman–Crippen LogP) is 0.391. The number of hydrogen-bond acceptors (Lipinski definition) is 6. The summed E-state index contributed by atoms with van der Waals surface area (Å²) in [7, 11) is 0. The number of hydrogen-bond donors (Lipinski definition) is 2. The molecule has 1 unspecified atom stereocenters. The van der Waals surface area contributed by atoms with E-state index in [-0.39, 0.29) is 17.4 Å². The van der Waals surface area contributed by atoms with E-state index in [0.29, 0.717) is 11.4 Å². The topological polar surface area (TPSA) is 87.0 Å². The average molecular weight is 275 g/mol. The van der Waals surface area contributed by atoms with Crippen LogP contribution in [0.4, 0.5) is 0 Å². The van der Waals surface area contributed by atoms with Gasteiger partial charge in [-0.25, -0.2) is 0 Å². The fourth-order valence-corrected chi connectivity index (χ4v) is 2.33. The van der Waals surface area contributed by atoms with Gasteiger partial charge in [0.25, 0.3) is 5.89 Å². The number of pyridine rings is 1. The van der Waals surface area contributed by atoms with E-state index in [1.165, 1.54) is 6.07 Å². The monoisotopic (exact) mass is 275 g/mol. The molecule has 0 radical (unpaired) electrons. The van der Waals surface area contributed by atoms with Crippen molar-refractivity contribution in [3.05, 3.63) is 34.5 Å². The number of rotatable bonds is 3. The van der Waals surface area contributed by atoms with Crippen LogP contribution < -0.4 is 10.7 Å². The highest BCUT2D eigenvalue weighted by atomic mass is 16.5. The van der Waals surface area contributed by atoms with Crippen molar-refractivity contribution in [2.24, 2.45) is 0 Å². The lowest BCUT2D eigenvalue weighted by Gasteiger charge is -2.30. The zero-order valence-corrected chi connectivity index (χ0v) is 11.3. The minimum atomic E-state index is -0.131. The van der Waals surface area contributed by atoms with E-state index < -0.39 is 0 Å². The molecule has 2 aromatic rings. The zero-order valence-electron chi connectivity index (χ0n) is 11.3. The van der Waals surface area contributed by atoms with Gasteiger partial charge in [-0.2, -0.15) is 4.98 Å². The molecular formula is C13H17N5O2. The minimum absolute atomic E-state index is 0.0809. The molecule has 1 saturated heterocycles. The first-order chi connectivity index (χ1) is 9.75. The molecule has 3 rings (SSSR count). The molecule has 0 bridgehead atoms. The molecule has 0 spiro atoms. The van der Waals surface area contributed by atoms with Crippen molar-refractivity contribution >= 4 is 0 Å². The van der Waals surface area contributed by atoms with Gasteiger partial charge >= 0.3 is 0 Å². The summed E-state index contributed by atoms with van der Waals surface area (Å²) in [6.45, 7) is 5.89. The highest BCUT2D eigenvalue weighted by molar-refractivity contribution is 5.50. The maximum Gasteiger partial charge on any atom is 0.263 e. The van der Waals surface area contributed by atoms with Crippen LogP contribution in [-0.4, -0.2) is 46.2 Å². The number of aromatic amines is 1. The van der Waals surface area contributed by atoms with Crippen LogP contribution in [-0.2, 0) is 0 Å². The summed E-state index contributed by atoms with van der Waals surface area (Å²) in [5.41, 5.74) is 0.271. The lowest BCUT2D eigenvalue weighted by Crippen LogP contribution is -2.44. The SMILES string of the molecule is CC(c1noc(-c2c[nH]ccc2=O)n1)N1CCNCC1. The molecule has 1 aliphatic rings. The summed E-state index contributed by atoms with van der Waals surface area (Å²) < 4.78 is 5.22. The second kappa shape index (κ2) is 5.56. The summed E-state index contributed by atoms with van der Waals surface area (Å²) >= 11 is 0. The van der Waals surface area contributed by atoms with Crippen molar-refractivity contribution in [2.75, 3.05) is 26.2 Å². The van der Waals surface area contributed by atoms with Crippen LogP contribution in [0.25, 0.3) is 11.5 Å². The first kappa shape index (κ1) is 13.0. The van der Waals surface area contributed by atoms with Crippen molar-refractivity contribution < 1.29 is 4.52 Å². The van der Waals surface area contributed by atoms with E-state index in [1.54, 1.807) is 12.4 Å². The molecule has 2 N–H and O–H groups in total. The van der Waals surface area contributed by atoms with Crippen molar-refractivity contribution in [1.82, 2.24) is 25.3 Å². The smallest absolute Gasteiger partial charge is 0.263 e. The van der Waals surface area contributed by atoms with Gasteiger partial charge in [-0.15, -0.1) is 0 Å². The Morgan fingerprint density at radius 3 is 2.95 bits per heavy atom. The van der Waals surface area contributed by atoms with E-state index in [4.69, 9.17) is 4.52 Å². The van der Waals surface area contributed by atoms with Crippen molar-refractivity contribution in [3.8, 4) is 11.5 Å². The second-order valence-electron chi connectivity index (χ2n) is 4.84. The van der Waals surface area contributed by atoms with Crippen LogP contribution in [0.3, 0.4) is 0 Å². The largest absolute Gasteiger partial charge is 0.367 e. The Kier molecular flexibility index (Phi) is 3.62. The third-order valence-corrected chi connectivity index (χ3v) is 3.57. The van der Waals surface area contributed by atoms with E-state index >= 15 is 0 Å². The first-order valence-corrected chi connectivity index (χ1v) is 6.71. The molecule has 0 aliphatic carbocycles.